The molecule has 0 unspecified atom stereocenters. The molecule has 102 valence electrons. The largest absolute Gasteiger partial charge is 0.302 e. The van der Waals surface area contributed by atoms with E-state index in [1.165, 1.54) is 12.8 Å². The van der Waals surface area contributed by atoms with Crippen molar-refractivity contribution in [2.45, 2.75) is 38.4 Å². The second-order valence-corrected chi connectivity index (χ2v) is 5.76. The third kappa shape index (κ3) is 3.51. The lowest BCUT2D eigenvalue weighted by atomic mass is 10.2. The maximum Gasteiger partial charge on any atom is 0.191 e. The van der Waals surface area contributed by atoms with Crippen LogP contribution < -0.4 is 0 Å². The number of hydrogen-bond acceptors (Lipinski definition) is 3. The molecule has 0 aliphatic carbocycles. The minimum absolute atomic E-state index is 0.740. The van der Waals surface area contributed by atoms with Crippen LogP contribution in [-0.4, -0.2) is 20.5 Å². The normalized spacial score (nSPS) is 10.9. The van der Waals surface area contributed by atoms with Crippen LogP contribution in [0.15, 0.2) is 29.4 Å². The van der Waals surface area contributed by atoms with E-state index in [1.807, 2.05) is 24.3 Å². The first kappa shape index (κ1) is 14.4. The number of rotatable bonds is 6. The van der Waals surface area contributed by atoms with Gasteiger partial charge in [0.1, 0.15) is 0 Å². The van der Waals surface area contributed by atoms with Crippen molar-refractivity contribution in [2.75, 3.05) is 5.75 Å². The van der Waals surface area contributed by atoms with Crippen molar-refractivity contribution in [3.8, 4) is 11.4 Å². The fraction of sp³-hybridized carbons (Fsp3) is 0.429. The molecule has 0 amide bonds. The second-order valence-electron chi connectivity index (χ2n) is 4.26. The Balaban J connectivity index is 2.23. The number of thioether (sulfide) groups is 1. The molecule has 19 heavy (non-hydrogen) atoms. The van der Waals surface area contributed by atoms with Crippen LogP contribution in [0, 0.1) is 0 Å². The number of halogens is 1. The predicted molar refractivity (Wildman–Crippen MR) is 81.8 cm³/mol. The van der Waals surface area contributed by atoms with Crippen LogP contribution in [0.25, 0.3) is 11.4 Å². The molecular weight excluding hydrogens is 278 g/mol. The fourth-order valence-electron chi connectivity index (χ4n) is 1.80. The Bertz CT molecular complexity index is 522. The third-order valence-electron chi connectivity index (χ3n) is 2.86. The molecule has 2 rings (SSSR count). The Hall–Kier alpha value is -1.00. The van der Waals surface area contributed by atoms with E-state index in [-0.39, 0.29) is 0 Å². The number of benzene rings is 1. The molecule has 0 saturated heterocycles. The van der Waals surface area contributed by atoms with Gasteiger partial charge in [0.05, 0.1) is 0 Å². The SMILES string of the molecule is CCCCSc1nnc(-c2ccc(Cl)cc2)n1CC. The summed E-state index contributed by atoms with van der Waals surface area (Å²) in [7, 11) is 0. The highest BCUT2D eigenvalue weighted by atomic mass is 35.5. The van der Waals surface area contributed by atoms with Crippen LogP contribution in [0.2, 0.25) is 5.02 Å². The van der Waals surface area contributed by atoms with Crippen molar-refractivity contribution >= 4 is 23.4 Å². The zero-order valence-corrected chi connectivity index (χ0v) is 12.8. The molecule has 1 aromatic heterocycles. The van der Waals surface area contributed by atoms with Gasteiger partial charge in [-0.15, -0.1) is 10.2 Å². The summed E-state index contributed by atoms with van der Waals surface area (Å²) in [5, 5.41) is 10.4. The minimum Gasteiger partial charge on any atom is -0.302 e. The quantitative estimate of drug-likeness (QED) is 0.580. The Morgan fingerprint density at radius 3 is 2.53 bits per heavy atom. The summed E-state index contributed by atoms with van der Waals surface area (Å²) in [6.07, 6.45) is 2.41. The number of aromatic nitrogens is 3. The van der Waals surface area contributed by atoms with E-state index in [4.69, 9.17) is 11.6 Å². The van der Waals surface area contributed by atoms with Crippen molar-refractivity contribution in [1.29, 1.82) is 0 Å². The van der Waals surface area contributed by atoms with Gasteiger partial charge in [0, 0.05) is 22.9 Å². The smallest absolute Gasteiger partial charge is 0.191 e. The van der Waals surface area contributed by atoms with E-state index >= 15 is 0 Å². The van der Waals surface area contributed by atoms with Gasteiger partial charge in [-0.1, -0.05) is 36.7 Å². The number of unbranched alkanes of at least 4 members (excludes halogenated alkanes) is 1. The van der Waals surface area contributed by atoms with Crippen LogP contribution in [0.3, 0.4) is 0 Å². The molecule has 1 aromatic carbocycles. The molecule has 0 aliphatic rings. The molecule has 0 saturated carbocycles. The Morgan fingerprint density at radius 1 is 1.16 bits per heavy atom. The van der Waals surface area contributed by atoms with Crippen LogP contribution in [0.1, 0.15) is 26.7 Å². The van der Waals surface area contributed by atoms with Crippen molar-refractivity contribution in [2.24, 2.45) is 0 Å². The summed E-state index contributed by atoms with van der Waals surface area (Å²) in [6, 6.07) is 7.74. The summed E-state index contributed by atoms with van der Waals surface area (Å²) < 4.78 is 2.16. The molecular formula is C14H18ClN3S. The molecule has 0 aliphatic heterocycles. The lowest BCUT2D eigenvalue weighted by Gasteiger charge is -2.07. The van der Waals surface area contributed by atoms with Crippen LogP contribution in [0.5, 0.6) is 0 Å². The van der Waals surface area contributed by atoms with E-state index in [1.54, 1.807) is 11.8 Å². The average Bonchev–Trinajstić information content (AvgIpc) is 2.83. The lowest BCUT2D eigenvalue weighted by Crippen LogP contribution is -2.00. The number of nitrogens with zero attached hydrogens (tertiary/aromatic N) is 3. The van der Waals surface area contributed by atoms with Gasteiger partial charge in [-0.05, 0) is 37.6 Å². The van der Waals surface area contributed by atoms with E-state index < -0.39 is 0 Å². The second kappa shape index (κ2) is 6.96. The highest BCUT2D eigenvalue weighted by molar-refractivity contribution is 7.99. The molecule has 0 spiro atoms. The molecule has 3 nitrogen and oxygen atoms in total. The standard InChI is InChI=1S/C14H18ClN3S/c1-3-5-10-19-14-17-16-13(18(14)4-2)11-6-8-12(15)9-7-11/h6-9H,3-5,10H2,1-2H3. The first-order chi connectivity index (χ1) is 9.26. The zero-order valence-electron chi connectivity index (χ0n) is 11.3. The fourth-order valence-corrected chi connectivity index (χ4v) is 3.01. The summed E-state index contributed by atoms with van der Waals surface area (Å²) in [4.78, 5) is 0. The molecule has 0 fully saturated rings. The van der Waals surface area contributed by atoms with Gasteiger partial charge < -0.3 is 4.57 Å². The van der Waals surface area contributed by atoms with E-state index in [2.05, 4.69) is 28.6 Å². The van der Waals surface area contributed by atoms with E-state index in [9.17, 15) is 0 Å². The summed E-state index contributed by atoms with van der Waals surface area (Å²) in [6.45, 7) is 5.19. The molecule has 0 bridgehead atoms. The monoisotopic (exact) mass is 295 g/mol. The van der Waals surface area contributed by atoms with Gasteiger partial charge in [0.2, 0.25) is 0 Å². The van der Waals surface area contributed by atoms with Gasteiger partial charge in [-0.25, -0.2) is 0 Å². The highest BCUT2D eigenvalue weighted by Gasteiger charge is 2.12. The van der Waals surface area contributed by atoms with Gasteiger partial charge >= 0.3 is 0 Å². The average molecular weight is 296 g/mol. The Kier molecular flexibility index (Phi) is 5.28. The molecule has 1 heterocycles. The minimum atomic E-state index is 0.740. The predicted octanol–water partition coefficient (Wildman–Crippen LogP) is 4.51. The Morgan fingerprint density at radius 2 is 1.89 bits per heavy atom. The van der Waals surface area contributed by atoms with Crippen molar-refractivity contribution < 1.29 is 0 Å². The molecule has 0 radical (unpaired) electrons. The van der Waals surface area contributed by atoms with Gasteiger partial charge in [-0.2, -0.15) is 0 Å². The van der Waals surface area contributed by atoms with Crippen LogP contribution in [0.4, 0.5) is 0 Å². The molecule has 2 aromatic rings. The van der Waals surface area contributed by atoms with Gasteiger partial charge in [0.25, 0.3) is 0 Å². The molecule has 5 heteroatoms. The zero-order chi connectivity index (χ0) is 13.7. The maximum atomic E-state index is 5.92. The highest BCUT2D eigenvalue weighted by Crippen LogP contribution is 2.25. The van der Waals surface area contributed by atoms with Gasteiger partial charge in [0.15, 0.2) is 11.0 Å². The topological polar surface area (TPSA) is 30.7 Å². The van der Waals surface area contributed by atoms with Crippen LogP contribution >= 0.6 is 23.4 Å². The van der Waals surface area contributed by atoms with Crippen molar-refractivity contribution in [3.05, 3.63) is 29.3 Å². The van der Waals surface area contributed by atoms with Gasteiger partial charge in [-0.3, -0.25) is 0 Å². The summed E-state index contributed by atoms with van der Waals surface area (Å²) >= 11 is 7.69. The van der Waals surface area contributed by atoms with Crippen molar-refractivity contribution in [1.82, 2.24) is 14.8 Å². The lowest BCUT2D eigenvalue weighted by molar-refractivity contribution is 0.686. The maximum absolute atomic E-state index is 5.92. The molecule has 0 atom stereocenters. The van der Waals surface area contributed by atoms with E-state index in [0.29, 0.717) is 0 Å². The first-order valence-corrected chi connectivity index (χ1v) is 7.94. The first-order valence-electron chi connectivity index (χ1n) is 6.58. The molecule has 0 N–H and O–H groups in total. The Labute approximate surface area is 123 Å². The summed E-state index contributed by atoms with van der Waals surface area (Å²) in [5.41, 5.74) is 1.06. The third-order valence-corrected chi connectivity index (χ3v) is 4.17. The number of hydrogen-bond donors (Lipinski definition) is 0. The van der Waals surface area contributed by atoms with E-state index in [0.717, 1.165) is 33.9 Å². The summed E-state index contributed by atoms with van der Waals surface area (Å²) in [5.74, 6) is 2.01. The van der Waals surface area contributed by atoms with Crippen LogP contribution in [-0.2, 0) is 6.54 Å². The van der Waals surface area contributed by atoms with Crippen molar-refractivity contribution in [3.63, 3.8) is 0 Å².